The van der Waals surface area contributed by atoms with Crippen LogP contribution in [0.5, 0.6) is 0 Å². The molecule has 0 fully saturated rings. The van der Waals surface area contributed by atoms with E-state index in [9.17, 15) is 9.90 Å². The maximum Gasteiger partial charge on any atom is 0.336 e. The average Bonchev–Trinajstić information content (AvgIpc) is 2.84. The van der Waals surface area contributed by atoms with E-state index in [4.69, 9.17) is 0 Å². The van der Waals surface area contributed by atoms with E-state index in [1.165, 1.54) is 0 Å². The number of rotatable bonds is 2. The van der Waals surface area contributed by atoms with Gasteiger partial charge in [-0.1, -0.05) is 12.1 Å². The molecule has 20 heavy (non-hydrogen) atoms. The Labute approximate surface area is 114 Å². The van der Waals surface area contributed by atoms with Crippen molar-refractivity contribution in [3.8, 4) is 11.4 Å². The number of carbonyl (C=O) groups is 1. The molecule has 0 bridgehead atoms. The van der Waals surface area contributed by atoms with Gasteiger partial charge in [-0.15, -0.1) is 10.2 Å². The second-order valence-electron chi connectivity index (χ2n) is 4.57. The summed E-state index contributed by atoms with van der Waals surface area (Å²) in [5.74, 6) is -0.534. The van der Waals surface area contributed by atoms with Gasteiger partial charge in [-0.2, -0.15) is 9.61 Å². The Balaban J connectivity index is 2.40. The van der Waals surface area contributed by atoms with Crippen molar-refractivity contribution in [3.05, 3.63) is 47.2 Å². The molecule has 100 valence electrons. The first-order chi connectivity index (χ1) is 9.59. The van der Waals surface area contributed by atoms with Crippen LogP contribution in [-0.2, 0) is 0 Å². The molecule has 0 unspecified atom stereocenters. The zero-order valence-electron chi connectivity index (χ0n) is 11.0. The normalized spacial score (nSPS) is 10.9. The topological polar surface area (TPSA) is 80.4 Å². The standard InChI is InChI=1S/C14H12N4O2/c1-8-5-6-9(2)12(14(19)20)11(8)13-17-16-10-4-3-7-15-18(10)13/h3-7H,1-2H3,(H,19,20). The molecule has 0 aliphatic rings. The van der Waals surface area contributed by atoms with Crippen LogP contribution in [0.3, 0.4) is 0 Å². The van der Waals surface area contributed by atoms with Crippen LogP contribution < -0.4 is 0 Å². The van der Waals surface area contributed by atoms with Crippen LogP contribution in [0, 0.1) is 13.8 Å². The van der Waals surface area contributed by atoms with Gasteiger partial charge in [0, 0.05) is 11.8 Å². The number of fused-ring (bicyclic) bond motifs is 1. The van der Waals surface area contributed by atoms with Gasteiger partial charge in [-0.25, -0.2) is 4.79 Å². The number of benzene rings is 1. The fourth-order valence-corrected chi connectivity index (χ4v) is 2.27. The molecule has 0 aliphatic heterocycles. The smallest absolute Gasteiger partial charge is 0.336 e. The first-order valence-corrected chi connectivity index (χ1v) is 6.10. The van der Waals surface area contributed by atoms with Crippen LogP contribution in [0.4, 0.5) is 0 Å². The van der Waals surface area contributed by atoms with Gasteiger partial charge in [-0.05, 0) is 37.1 Å². The molecule has 0 atom stereocenters. The highest BCUT2D eigenvalue weighted by atomic mass is 16.4. The fraction of sp³-hybridized carbons (Fsp3) is 0.143. The summed E-state index contributed by atoms with van der Waals surface area (Å²) in [6.07, 6.45) is 1.62. The fourth-order valence-electron chi connectivity index (χ4n) is 2.27. The minimum absolute atomic E-state index is 0.241. The minimum atomic E-state index is -0.978. The molecule has 0 amide bonds. The monoisotopic (exact) mass is 268 g/mol. The van der Waals surface area contributed by atoms with Crippen molar-refractivity contribution in [3.63, 3.8) is 0 Å². The van der Waals surface area contributed by atoms with Crippen molar-refractivity contribution >= 4 is 11.6 Å². The summed E-state index contributed by atoms with van der Waals surface area (Å²) in [4.78, 5) is 11.5. The van der Waals surface area contributed by atoms with Crippen LogP contribution in [-0.4, -0.2) is 30.9 Å². The summed E-state index contributed by atoms with van der Waals surface area (Å²) in [6, 6.07) is 7.20. The number of carboxylic acid groups (broad SMARTS) is 1. The molecule has 6 nitrogen and oxygen atoms in total. The number of nitrogens with zero attached hydrogens (tertiary/aromatic N) is 4. The van der Waals surface area contributed by atoms with E-state index < -0.39 is 5.97 Å². The van der Waals surface area contributed by atoms with Crippen molar-refractivity contribution in [1.29, 1.82) is 0 Å². The Morgan fingerprint density at radius 3 is 2.65 bits per heavy atom. The molecule has 3 aromatic rings. The lowest BCUT2D eigenvalue weighted by Gasteiger charge is -2.10. The average molecular weight is 268 g/mol. The summed E-state index contributed by atoms with van der Waals surface area (Å²) < 4.78 is 1.55. The minimum Gasteiger partial charge on any atom is -0.478 e. The highest BCUT2D eigenvalue weighted by Gasteiger charge is 2.21. The van der Waals surface area contributed by atoms with Crippen LogP contribution in [0.1, 0.15) is 21.5 Å². The van der Waals surface area contributed by atoms with Gasteiger partial charge >= 0.3 is 5.97 Å². The maximum atomic E-state index is 11.5. The van der Waals surface area contributed by atoms with Crippen LogP contribution in [0.25, 0.3) is 17.0 Å². The predicted octanol–water partition coefficient (Wildman–Crippen LogP) is 2.11. The SMILES string of the molecule is Cc1ccc(C)c(-c2nnc3cccnn23)c1C(=O)O. The molecule has 2 aromatic heterocycles. The lowest BCUT2D eigenvalue weighted by atomic mass is 9.97. The molecule has 0 radical (unpaired) electrons. The Bertz CT molecular complexity index is 823. The Morgan fingerprint density at radius 1 is 1.15 bits per heavy atom. The number of aromatic nitrogens is 4. The van der Waals surface area contributed by atoms with Crippen molar-refractivity contribution in [2.75, 3.05) is 0 Å². The van der Waals surface area contributed by atoms with Gasteiger partial charge in [0.15, 0.2) is 11.5 Å². The number of carboxylic acids is 1. The third kappa shape index (κ3) is 1.73. The van der Waals surface area contributed by atoms with E-state index in [-0.39, 0.29) is 5.56 Å². The van der Waals surface area contributed by atoms with E-state index in [0.29, 0.717) is 22.6 Å². The number of aromatic carboxylic acids is 1. The van der Waals surface area contributed by atoms with E-state index >= 15 is 0 Å². The molecule has 0 saturated carbocycles. The molecule has 0 saturated heterocycles. The molecule has 1 aromatic carbocycles. The molecule has 2 heterocycles. The highest BCUT2D eigenvalue weighted by Crippen LogP contribution is 2.28. The summed E-state index contributed by atoms with van der Waals surface area (Å²) in [7, 11) is 0. The van der Waals surface area contributed by atoms with Gasteiger partial charge in [0.2, 0.25) is 0 Å². The maximum absolute atomic E-state index is 11.5. The first-order valence-electron chi connectivity index (χ1n) is 6.10. The van der Waals surface area contributed by atoms with E-state index in [1.807, 2.05) is 13.0 Å². The first kappa shape index (κ1) is 12.3. The largest absolute Gasteiger partial charge is 0.478 e. The van der Waals surface area contributed by atoms with Crippen molar-refractivity contribution in [1.82, 2.24) is 19.8 Å². The van der Waals surface area contributed by atoms with Crippen LogP contribution >= 0.6 is 0 Å². The molecular formula is C14H12N4O2. The molecule has 3 rings (SSSR count). The van der Waals surface area contributed by atoms with Crippen molar-refractivity contribution in [2.24, 2.45) is 0 Å². The van der Waals surface area contributed by atoms with Crippen molar-refractivity contribution in [2.45, 2.75) is 13.8 Å². The predicted molar refractivity (Wildman–Crippen MR) is 72.7 cm³/mol. The van der Waals surface area contributed by atoms with E-state index in [0.717, 1.165) is 5.56 Å². The zero-order valence-corrected chi connectivity index (χ0v) is 11.0. The van der Waals surface area contributed by atoms with Gasteiger partial charge in [0.1, 0.15) is 0 Å². The molecule has 1 N–H and O–H groups in total. The third-order valence-electron chi connectivity index (χ3n) is 3.24. The lowest BCUT2D eigenvalue weighted by Crippen LogP contribution is -2.07. The zero-order chi connectivity index (χ0) is 14.3. The van der Waals surface area contributed by atoms with Crippen LogP contribution in [0.2, 0.25) is 0 Å². The van der Waals surface area contributed by atoms with Gasteiger partial charge in [0.05, 0.1) is 5.56 Å². The molecule has 6 heteroatoms. The Kier molecular flexibility index (Phi) is 2.71. The van der Waals surface area contributed by atoms with E-state index in [1.54, 1.807) is 35.8 Å². The van der Waals surface area contributed by atoms with Crippen LogP contribution in [0.15, 0.2) is 30.5 Å². The third-order valence-corrected chi connectivity index (χ3v) is 3.24. The van der Waals surface area contributed by atoms with Gasteiger partial charge in [-0.3, -0.25) is 0 Å². The Morgan fingerprint density at radius 2 is 1.90 bits per heavy atom. The summed E-state index contributed by atoms with van der Waals surface area (Å²) in [5.41, 5.74) is 2.90. The van der Waals surface area contributed by atoms with E-state index in [2.05, 4.69) is 15.3 Å². The number of hydrogen-bond acceptors (Lipinski definition) is 4. The summed E-state index contributed by atoms with van der Waals surface area (Å²) >= 11 is 0. The van der Waals surface area contributed by atoms with Crippen molar-refractivity contribution < 1.29 is 9.90 Å². The van der Waals surface area contributed by atoms with Gasteiger partial charge < -0.3 is 5.11 Å². The number of hydrogen-bond donors (Lipinski definition) is 1. The molecular weight excluding hydrogens is 256 g/mol. The quantitative estimate of drug-likeness (QED) is 0.769. The summed E-state index contributed by atoms with van der Waals surface area (Å²) in [5, 5.41) is 21.8. The molecule has 0 aliphatic carbocycles. The second kappa shape index (κ2) is 4.41. The molecule has 0 spiro atoms. The highest BCUT2D eigenvalue weighted by molar-refractivity contribution is 5.97. The van der Waals surface area contributed by atoms with Gasteiger partial charge in [0.25, 0.3) is 0 Å². The Hall–Kier alpha value is -2.76. The lowest BCUT2D eigenvalue weighted by molar-refractivity contribution is 0.0697. The summed E-state index contributed by atoms with van der Waals surface area (Å²) in [6.45, 7) is 3.62. The number of aryl methyl sites for hydroxylation is 2. The second-order valence-corrected chi connectivity index (χ2v) is 4.57.